The Hall–Kier alpha value is -3.97. The third-order valence-corrected chi connectivity index (χ3v) is 6.39. The van der Waals surface area contributed by atoms with Gasteiger partial charge < -0.3 is 15.5 Å². The number of rotatable bonds is 6. The number of amides is 2. The Balaban J connectivity index is 1.41. The van der Waals surface area contributed by atoms with Gasteiger partial charge in [0.2, 0.25) is 11.9 Å². The van der Waals surface area contributed by atoms with Gasteiger partial charge in [-0.05, 0) is 25.0 Å². The fourth-order valence-corrected chi connectivity index (χ4v) is 4.37. The molecule has 11 heteroatoms. The molecule has 2 N–H and O–H groups in total. The third-order valence-electron chi connectivity index (χ3n) is 6.12. The molecule has 37 heavy (non-hydrogen) atoms. The molecule has 0 spiro atoms. The van der Waals surface area contributed by atoms with Gasteiger partial charge in [0.1, 0.15) is 6.54 Å². The second-order valence-corrected chi connectivity index (χ2v) is 10.3. The first-order chi connectivity index (χ1) is 17.7. The van der Waals surface area contributed by atoms with Crippen molar-refractivity contribution in [2.75, 3.05) is 25.0 Å². The van der Waals surface area contributed by atoms with Crippen LogP contribution in [-0.4, -0.2) is 56.1 Å². The molecule has 0 aliphatic carbocycles. The number of nitriles is 1. The Morgan fingerprint density at radius 1 is 1.16 bits per heavy atom. The summed E-state index contributed by atoms with van der Waals surface area (Å²) in [7, 11) is 0. The van der Waals surface area contributed by atoms with Gasteiger partial charge in [-0.1, -0.05) is 44.5 Å². The van der Waals surface area contributed by atoms with E-state index in [1.807, 2.05) is 42.6 Å². The second kappa shape index (κ2) is 11.0. The predicted octanol–water partition coefficient (Wildman–Crippen LogP) is 4.20. The van der Waals surface area contributed by atoms with Crippen molar-refractivity contribution in [3.05, 3.63) is 53.4 Å². The number of nitrogens with zero attached hydrogens (tertiary/aromatic N) is 6. The van der Waals surface area contributed by atoms with Gasteiger partial charge in [-0.25, -0.2) is 9.97 Å². The highest BCUT2D eigenvalue weighted by Crippen LogP contribution is 2.29. The average molecular weight is 521 g/mol. The van der Waals surface area contributed by atoms with Gasteiger partial charge in [-0.3, -0.25) is 14.3 Å². The molecule has 1 saturated heterocycles. The van der Waals surface area contributed by atoms with Crippen LogP contribution < -0.4 is 10.6 Å². The minimum Gasteiger partial charge on any atom is -0.342 e. The SMILES string of the molecule is CC(C)(C)C(=O)N1CCC(n2cc(Nc3ncc(Cl)c(-c4ccc(C(=O)NCC#N)cc4)n3)cn2)CC1. The van der Waals surface area contributed by atoms with Crippen molar-refractivity contribution in [1.29, 1.82) is 5.26 Å². The highest BCUT2D eigenvalue weighted by Gasteiger charge is 2.31. The summed E-state index contributed by atoms with van der Waals surface area (Å²) in [5.74, 6) is 0.217. The molecule has 2 amide bonds. The highest BCUT2D eigenvalue weighted by molar-refractivity contribution is 6.32. The largest absolute Gasteiger partial charge is 0.342 e. The van der Waals surface area contributed by atoms with Gasteiger partial charge in [0.05, 0.1) is 40.9 Å². The molecule has 0 bridgehead atoms. The summed E-state index contributed by atoms with van der Waals surface area (Å²) in [4.78, 5) is 35.4. The van der Waals surface area contributed by atoms with Crippen LogP contribution in [0.4, 0.5) is 11.6 Å². The number of nitrogens with one attached hydrogen (secondary N) is 2. The number of hydrogen-bond acceptors (Lipinski definition) is 7. The maximum absolute atomic E-state index is 12.6. The summed E-state index contributed by atoms with van der Waals surface area (Å²) in [5, 5.41) is 19.2. The van der Waals surface area contributed by atoms with E-state index >= 15 is 0 Å². The van der Waals surface area contributed by atoms with Crippen LogP contribution >= 0.6 is 11.6 Å². The van der Waals surface area contributed by atoms with Gasteiger partial charge in [0.25, 0.3) is 5.91 Å². The molecule has 1 aliphatic heterocycles. The van der Waals surface area contributed by atoms with Crippen LogP contribution in [0.3, 0.4) is 0 Å². The number of piperidine rings is 1. The molecule has 3 aromatic rings. The Kier molecular flexibility index (Phi) is 7.74. The third kappa shape index (κ3) is 6.24. The predicted molar refractivity (Wildman–Crippen MR) is 140 cm³/mol. The van der Waals surface area contributed by atoms with Crippen LogP contribution in [0.25, 0.3) is 11.3 Å². The molecule has 0 saturated carbocycles. The highest BCUT2D eigenvalue weighted by atomic mass is 35.5. The number of likely N-dealkylation sites (tertiary alicyclic amines) is 1. The van der Waals surface area contributed by atoms with E-state index in [-0.39, 0.29) is 29.8 Å². The van der Waals surface area contributed by atoms with Crippen LogP contribution in [0.2, 0.25) is 5.02 Å². The fraction of sp³-hybridized carbons (Fsp3) is 0.385. The minimum absolute atomic E-state index is 0.0556. The Morgan fingerprint density at radius 3 is 2.51 bits per heavy atom. The van der Waals surface area contributed by atoms with E-state index in [1.165, 1.54) is 6.20 Å². The van der Waals surface area contributed by atoms with E-state index < -0.39 is 0 Å². The van der Waals surface area contributed by atoms with Crippen LogP contribution in [-0.2, 0) is 4.79 Å². The van der Waals surface area contributed by atoms with Crippen molar-refractivity contribution in [3.8, 4) is 17.3 Å². The molecule has 4 rings (SSSR count). The smallest absolute Gasteiger partial charge is 0.252 e. The summed E-state index contributed by atoms with van der Waals surface area (Å²) >= 11 is 6.36. The number of anilines is 2. The summed E-state index contributed by atoms with van der Waals surface area (Å²) in [6, 6.07) is 8.88. The number of hydrogen-bond donors (Lipinski definition) is 2. The Labute approximate surface area is 220 Å². The second-order valence-electron chi connectivity index (χ2n) is 9.92. The van der Waals surface area contributed by atoms with Crippen LogP contribution in [0.1, 0.15) is 50.0 Å². The summed E-state index contributed by atoms with van der Waals surface area (Å²) in [5.41, 5.74) is 2.04. The summed E-state index contributed by atoms with van der Waals surface area (Å²) < 4.78 is 1.92. The topological polar surface area (TPSA) is 129 Å². The molecule has 10 nitrogen and oxygen atoms in total. The van der Waals surface area contributed by atoms with E-state index in [9.17, 15) is 9.59 Å². The van der Waals surface area contributed by atoms with Gasteiger partial charge in [-0.2, -0.15) is 10.4 Å². The standard InChI is InChI=1S/C26H29ClN8O2/c1-26(2,3)24(37)34-12-8-20(9-13-34)35-16-19(14-31-35)32-25-30-15-21(27)22(33-25)17-4-6-18(7-5-17)23(36)29-11-10-28/h4-7,14-16,20H,8-9,11-13H2,1-3H3,(H,29,36)(H,30,32,33). The zero-order chi connectivity index (χ0) is 26.6. The van der Waals surface area contributed by atoms with Crippen LogP contribution in [0.15, 0.2) is 42.9 Å². The lowest BCUT2D eigenvalue weighted by Crippen LogP contribution is -2.44. The van der Waals surface area contributed by atoms with E-state index in [0.29, 0.717) is 35.3 Å². The maximum Gasteiger partial charge on any atom is 0.252 e. The molecular formula is C26H29ClN8O2. The van der Waals surface area contributed by atoms with Crippen molar-refractivity contribution < 1.29 is 9.59 Å². The van der Waals surface area contributed by atoms with Gasteiger partial charge in [0, 0.05) is 35.8 Å². The zero-order valence-electron chi connectivity index (χ0n) is 21.0. The van der Waals surface area contributed by atoms with E-state index in [1.54, 1.807) is 30.5 Å². The first-order valence-electron chi connectivity index (χ1n) is 12.0. The van der Waals surface area contributed by atoms with Crippen molar-refractivity contribution in [2.24, 2.45) is 5.41 Å². The molecule has 192 valence electrons. The first kappa shape index (κ1) is 26.1. The summed E-state index contributed by atoms with van der Waals surface area (Å²) in [6.45, 7) is 7.22. The Bertz CT molecular complexity index is 1320. The molecule has 1 fully saturated rings. The van der Waals surface area contributed by atoms with Crippen molar-refractivity contribution >= 4 is 35.1 Å². The number of benzene rings is 1. The lowest BCUT2D eigenvalue weighted by atomic mass is 9.93. The molecule has 0 radical (unpaired) electrons. The lowest BCUT2D eigenvalue weighted by molar-refractivity contribution is -0.140. The molecule has 1 aromatic carbocycles. The van der Waals surface area contributed by atoms with Crippen molar-refractivity contribution in [1.82, 2.24) is 30.0 Å². The summed E-state index contributed by atoms with van der Waals surface area (Å²) in [6.07, 6.45) is 6.84. The zero-order valence-corrected chi connectivity index (χ0v) is 21.8. The number of carbonyl (C=O) groups excluding carboxylic acids is 2. The van der Waals surface area contributed by atoms with E-state index in [4.69, 9.17) is 16.9 Å². The van der Waals surface area contributed by atoms with Crippen LogP contribution in [0.5, 0.6) is 0 Å². The van der Waals surface area contributed by atoms with Gasteiger partial charge in [-0.15, -0.1) is 0 Å². The lowest BCUT2D eigenvalue weighted by Gasteiger charge is -2.35. The minimum atomic E-state index is -0.373. The molecule has 3 heterocycles. The number of halogens is 1. The molecule has 0 unspecified atom stereocenters. The van der Waals surface area contributed by atoms with E-state index in [2.05, 4.69) is 25.7 Å². The number of carbonyl (C=O) groups is 2. The quantitative estimate of drug-likeness (QED) is 0.466. The number of aromatic nitrogens is 4. The van der Waals surface area contributed by atoms with E-state index in [0.717, 1.165) is 24.1 Å². The fourth-order valence-electron chi connectivity index (χ4n) is 4.17. The molecule has 0 atom stereocenters. The molecule has 2 aromatic heterocycles. The van der Waals surface area contributed by atoms with Gasteiger partial charge >= 0.3 is 0 Å². The maximum atomic E-state index is 12.6. The Morgan fingerprint density at radius 2 is 1.86 bits per heavy atom. The van der Waals surface area contributed by atoms with Crippen molar-refractivity contribution in [2.45, 2.75) is 39.7 Å². The monoisotopic (exact) mass is 520 g/mol. The van der Waals surface area contributed by atoms with Crippen LogP contribution in [0, 0.1) is 16.7 Å². The molecular weight excluding hydrogens is 492 g/mol. The van der Waals surface area contributed by atoms with Crippen molar-refractivity contribution in [3.63, 3.8) is 0 Å². The normalized spacial score (nSPS) is 14.2. The average Bonchev–Trinajstić information content (AvgIpc) is 3.36. The van der Waals surface area contributed by atoms with Gasteiger partial charge in [0.15, 0.2) is 0 Å². The first-order valence-corrected chi connectivity index (χ1v) is 12.4. The molecule has 1 aliphatic rings.